The highest BCUT2D eigenvalue weighted by Gasteiger charge is 2.19. The molecule has 0 saturated carbocycles. The van der Waals surface area contributed by atoms with Crippen LogP contribution in [0.5, 0.6) is 11.6 Å². The van der Waals surface area contributed by atoms with Crippen LogP contribution in [0.25, 0.3) is 0 Å². The van der Waals surface area contributed by atoms with Crippen molar-refractivity contribution in [1.29, 1.82) is 0 Å². The summed E-state index contributed by atoms with van der Waals surface area (Å²) < 4.78 is 7.01. The zero-order chi connectivity index (χ0) is 15.5. The summed E-state index contributed by atoms with van der Waals surface area (Å²) in [5.41, 5.74) is -0.130. The highest BCUT2D eigenvalue weighted by molar-refractivity contribution is 14.1. The smallest absolute Gasteiger partial charge is 0.224 e. The van der Waals surface area contributed by atoms with Gasteiger partial charge in [0.25, 0.3) is 0 Å². The third kappa shape index (κ3) is 4.56. The Morgan fingerprint density at radius 1 is 1.19 bits per heavy atom. The summed E-state index contributed by atoms with van der Waals surface area (Å²) >= 11 is 2.26. The molecule has 0 unspecified atom stereocenters. The molecule has 0 aliphatic heterocycles. The highest BCUT2D eigenvalue weighted by atomic mass is 127. The maximum absolute atomic E-state index is 5.89. The van der Waals surface area contributed by atoms with Crippen molar-refractivity contribution < 1.29 is 4.74 Å². The predicted octanol–water partition coefficient (Wildman–Crippen LogP) is 4.60. The molecule has 1 aromatic heterocycles. The second-order valence-electron chi connectivity index (χ2n) is 5.75. The number of rotatable bonds is 4. The first-order chi connectivity index (χ1) is 9.88. The van der Waals surface area contributed by atoms with Crippen LogP contribution in [0.4, 0.5) is 5.82 Å². The van der Waals surface area contributed by atoms with E-state index in [2.05, 4.69) is 58.6 Å². The SMILES string of the molecule is CCNc1cc(Oc2cccc(I)c2)nc(C(C)(C)C)n1. The van der Waals surface area contributed by atoms with Crippen molar-refractivity contribution in [1.82, 2.24) is 9.97 Å². The van der Waals surface area contributed by atoms with E-state index in [1.54, 1.807) is 0 Å². The molecular formula is C16H20IN3O. The van der Waals surface area contributed by atoms with Gasteiger partial charge in [-0.05, 0) is 47.7 Å². The molecule has 21 heavy (non-hydrogen) atoms. The number of aromatic nitrogens is 2. The molecule has 2 rings (SSSR count). The van der Waals surface area contributed by atoms with Crippen LogP contribution in [0, 0.1) is 3.57 Å². The van der Waals surface area contributed by atoms with Crippen LogP contribution in [0.3, 0.4) is 0 Å². The van der Waals surface area contributed by atoms with Crippen molar-refractivity contribution in [3.8, 4) is 11.6 Å². The molecular weight excluding hydrogens is 377 g/mol. The van der Waals surface area contributed by atoms with Gasteiger partial charge in [0.2, 0.25) is 5.88 Å². The van der Waals surface area contributed by atoms with E-state index in [4.69, 9.17) is 4.74 Å². The van der Waals surface area contributed by atoms with Gasteiger partial charge in [-0.15, -0.1) is 0 Å². The molecule has 4 nitrogen and oxygen atoms in total. The van der Waals surface area contributed by atoms with Crippen molar-refractivity contribution in [2.45, 2.75) is 33.1 Å². The summed E-state index contributed by atoms with van der Waals surface area (Å²) in [6, 6.07) is 9.73. The quantitative estimate of drug-likeness (QED) is 0.766. The number of ether oxygens (including phenoxy) is 1. The van der Waals surface area contributed by atoms with E-state index >= 15 is 0 Å². The number of nitrogens with one attached hydrogen (secondary N) is 1. The molecule has 1 N–H and O–H groups in total. The lowest BCUT2D eigenvalue weighted by atomic mass is 9.96. The van der Waals surface area contributed by atoms with Gasteiger partial charge in [0.15, 0.2) is 0 Å². The van der Waals surface area contributed by atoms with Crippen molar-refractivity contribution in [3.05, 3.63) is 39.7 Å². The number of benzene rings is 1. The van der Waals surface area contributed by atoms with Gasteiger partial charge >= 0.3 is 0 Å². The maximum atomic E-state index is 5.89. The Morgan fingerprint density at radius 3 is 2.57 bits per heavy atom. The lowest BCUT2D eigenvalue weighted by Gasteiger charge is -2.18. The molecule has 5 heteroatoms. The summed E-state index contributed by atoms with van der Waals surface area (Å²) in [5.74, 6) is 2.90. The van der Waals surface area contributed by atoms with Gasteiger partial charge in [-0.25, -0.2) is 4.98 Å². The minimum Gasteiger partial charge on any atom is -0.439 e. The molecule has 0 saturated heterocycles. The lowest BCUT2D eigenvalue weighted by molar-refractivity contribution is 0.446. The van der Waals surface area contributed by atoms with E-state index in [-0.39, 0.29) is 5.41 Å². The fraction of sp³-hybridized carbons (Fsp3) is 0.375. The molecule has 112 valence electrons. The summed E-state index contributed by atoms with van der Waals surface area (Å²) in [7, 11) is 0. The highest BCUT2D eigenvalue weighted by Crippen LogP contribution is 2.27. The van der Waals surface area contributed by atoms with Crippen LogP contribution in [0.1, 0.15) is 33.5 Å². The molecule has 1 heterocycles. The van der Waals surface area contributed by atoms with E-state index in [1.165, 1.54) is 0 Å². The Morgan fingerprint density at radius 2 is 1.95 bits per heavy atom. The molecule has 1 aromatic carbocycles. The molecule has 0 spiro atoms. The Labute approximate surface area is 139 Å². The first-order valence-electron chi connectivity index (χ1n) is 6.95. The monoisotopic (exact) mass is 397 g/mol. The predicted molar refractivity (Wildman–Crippen MR) is 94.1 cm³/mol. The second kappa shape index (κ2) is 6.60. The first-order valence-corrected chi connectivity index (χ1v) is 8.03. The van der Waals surface area contributed by atoms with Crippen molar-refractivity contribution in [2.24, 2.45) is 0 Å². The van der Waals surface area contributed by atoms with E-state index in [9.17, 15) is 0 Å². The fourth-order valence-corrected chi connectivity index (χ4v) is 2.25. The van der Waals surface area contributed by atoms with E-state index in [0.29, 0.717) is 5.88 Å². The molecule has 0 aliphatic rings. The standard InChI is InChI=1S/C16H20IN3O/c1-5-18-13-10-14(20-15(19-13)16(2,3)4)21-12-8-6-7-11(17)9-12/h6-10H,5H2,1-4H3,(H,18,19,20). The van der Waals surface area contributed by atoms with Crippen molar-refractivity contribution in [3.63, 3.8) is 0 Å². The third-order valence-electron chi connectivity index (χ3n) is 2.75. The van der Waals surface area contributed by atoms with Crippen LogP contribution in [0.15, 0.2) is 30.3 Å². The van der Waals surface area contributed by atoms with Gasteiger partial charge in [0, 0.05) is 21.6 Å². The maximum Gasteiger partial charge on any atom is 0.224 e. The Bertz CT molecular complexity index is 623. The normalized spacial score (nSPS) is 11.3. The van der Waals surface area contributed by atoms with Crippen molar-refractivity contribution in [2.75, 3.05) is 11.9 Å². The van der Waals surface area contributed by atoms with Gasteiger partial charge in [-0.2, -0.15) is 4.98 Å². The number of hydrogen-bond donors (Lipinski definition) is 1. The molecule has 0 fully saturated rings. The van der Waals surface area contributed by atoms with Crippen LogP contribution in [0.2, 0.25) is 0 Å². The first kappa shape index (κ1) is 16.0. The van der Waals surface area contributed by atoms with E-state index in [1.807, 2.05) is 37.3 Å². The number of anilines is 1. The average molecular weight is 397 g/mol. The van der Waals surface area contributed by atoms with Crippen LogP contribution >= 0.6 is 22.6 Å². The number of halogens is 1. The minimum atomic E-state index is -0.130. The zero-order valence-electron chi connectivity index (χ0n) is 12.8. The molecule has 0 aliphatic carbocycles. The molecule has 2 aromatic rings. The third-order valence-corrected chi connectivity index (χ3v) is 3.42. The number of hydrogen-bond acceptors (Lipinski definition) is 4. The average Bonchev–Trinajstić information content (AvgIpc) is 2.37. The van der Waals surface area contributed by atoms with Gasteiger partial charge in [0.1, 0.15) is 17.4 Å². The van der Waals surface area contributed by atoms with E-state index < -0.39 is 0 Å². The molecule has 0 atom stereocenters. The van der Waals surface area contributed by atoms with E-state index in [0.717, 1.165) is 27.5 Å². The van der Waals surface area contributed by atoms with Gasteiger partial charge in [-0.1, -0.05) is 26.8 Å². The Kier molecular flexibility index (Phi) is 5.03. The summed E-state index contributed by atoms with van der Waals surface area (Å²) in [4.78, 5) is 9.09. The van der Waals surface area contributed by atoms with Crippen LogP contribution in [-0.4, -0.2) is 16.5 Å². The van der Waals surface area contributed by atoms with Gasteiger partial charge < -0.3 is 10.1 Å². The van der Waals surface area contributed by atoms with Gasteiger partial charge in [0.05, 0.1) is 0 Å². The topological polar surface area (TPSA) is 47.0 Å². The van der Waals surface area contributed by atoms with Crippen LogP contribution < -0.4 is 10.1 Å². The largest absolute Gasteiger partial charge is 0.439 e. The van der Waals surface area contributed by atoms with Crippen molar-refractivity contribution >= 4 is 28.4 Å². The number of nitrogens with zero attached hydrogens (tertiary/aromatic N) is 2. The summed E-state index contributed by atoms with van der Waals surface area (Å²) in [5, 5.41) is 3.22. The minimum absolute atomic E-state index is 0.130. The Balaban J connectivity index is 2.35. The summed E-state index contributed by atoms with van der Waals surface area (Å²) in [6.07, 6.45) is 0. The molecule has 0 amide bonds. The van der Waals surface area contributed by atoms with Gasteiger partial charge in [-0.3, -0.25) is 0 Å². The second-order valence-corrected chi connectivity index (χ2v) is 7.00. The Hall–Kier alpha value is -1.37. The molecule has 0 bridgehead atoms. The zero-order valence-corrected chi connectivity index (χ0v) is 14.9. The molecule has 0 radical (unpaired) electrons. The summed E-state index contributed by atoms with van der Waals surface area (Å²) in [6.45, 7) is 9.12. The van der Waals surface area contributed by atoms with Crippen LogP contribution in [-0.2, 0) is 5.41 Å². The lowest BCUT2D eigenvalue weighted by Crippen LogP contribution is -2.17. The fourth-order valence-electron chi connectivity index (χ4n) is 1.74.